The van der Waals surface area contributed by atoms with E-state index in [-0.39, 0.29) is 0 Å². The van der Waals surface area contributed by atoms with Gasteiger partial charge in [0, 0.05) is 0 Å². The number of aromatic nitrogens is 2. The molecule has 1 aromatic heterocycles. The summed E-state index contributed by atoms with van der Waals surface area (Å²) in [6.07, 6.45) is 6.07. The molecule has 22 heavy (non-hydrogen) atoms. The molecule has 0 saturated heterocycles. The molecular weight excluding hydrogens is 329 g/mol. The molecule has 9 heteroatoms. The Labute approximate surface area is 124 Å². The van der Waals surface area contributed by atoms with Crippen LogP contribution in [-0.2, 0) is 13.6 Å². The topological polar surface area (TPSA) is 8.81 Å². The number of rotatable bonds is 4. The SMILES string of the molecule is CCCCCn1c[n+](C)c2ccccc21.F[P-](F)(F)(F)(F)F. The second kappa shape index (κ2) is 5.72. The van der Waals surface area contributed by atoms with Gasteiger partial charge >= 0.3 is 33.0 Å². The standard InChI is InChI=1S/C13H19N2.F6P/c1-3-4-7-10-15-11-14(2)12-8-5-6-9-13(12)15;1-7(2,3,4,5)6/h5-6,8-9,11H,3-4,7,10H2,1-2H3;/q+1;-1. The van der Waals surface area contributed by atoms with E-state index in [9.17, 15) is 25.2 Å². The summed E-state index contributed by atoms with van der Waals surface area (Å²) in [7, 11) is -8.55. The van der Waals surface area contributed by atoms with Crippen LogP contribution in [0.25, 0.3) is 11.0 Å². The molecule has 0 saturated carbocycles. The minimum absolute atomic E-state index is 1.13. The monoisotopic (exact) mass is 348 g/mol. The summed E-state index contributed by atoms with van der Waals surface area (Å²) in [6.45, 7) is 3.38. The van der Waals surface area contributed by atoms with Gasteiger partial charge < -0.3 is 0 Å². The predicted molar refractivity (Wildman–Crippen MR) is 76.2 cm³/mol. The van der Waals surface area contributed by atoms with E-state index in [1.54, 1.807) is 0 Å². The molecule has 0 aliphatic carbocycles. The first-order valence-electron chi connectivity index (χ1n) is 6.78. The molecule has 0 unspecified atom stereocenters. The van der Waals surface area contributed by atoms with E-state index >= 15 is 0 Å². The first kappa shape index (κ1) is 18.7. The molecule has 1 aromatic carbocycles. The molecule has 0 atom stereocenters. The Morgan fingerprint density at radius 1 is 1.00 bits per heavy atom. The molecule has 2 nitrogen and oxygen atoms in total. The summed E-state index contributed by atoms with van der Waals surface area (Å²) < 4.78 is 63.7. The van der Waals surface area contributed by atoms with Crippen molar-refractivity contribution in [2.45, 2.75) is 32.7 Å². The summed E-state index contributed by atoms with van der Waals surface area (Å²) in [5, 5.41) is 0. The molecule has 2 rings (SSSR count). The van der Waals surface area contributed by atoms with Gasteiger partial charge in [-0.15, -0.1) is 0 Å². The van der Waals surface area contributed by atoms with Gasteiger partial charge in [0.2, 0.25) is 6.33 Å². The summed E-state index contributed by atoms with van der Waals surface area (Å²) in [6, 6.07) is 8.57. The van der Waals surface area contributed by atoms with Crippen molar-refractivity contribution < 1.29 is 29.7 Å². The molecule has 128 valence electrons. The number of benzene rings is 1. The van der Waals surface area contributed by atoms with E-state index in [0.29, 0.717) is 0 Å². The van der Waals surface area contributed by atoms with Crippen molar-refractivity contribution in [1.82, 2.24) is 4.57 Å². The van der Waals surface area contributed by atoms with E-state index in [1.165, 1.54) is 30.3 Å². The molecule has 0 N–H and O–H groups in total. The van der Waals surface area contributed by atoms with Crippen molar-refractivity contribution in [2.24, 2.45) is 7.05 Å². The number of fused-ring (bicyclic) bond motifs is 1. The van der Waals surface area contributed by atoms with Gasteiger partial charge in [0.15, 0.2) is 11.0 Å². The Bertz CT molecular complexity index is 621. The molecule has 2 aromatic rings. The van der Waals surface area contributed by atoms with Crippen molar-refractivity contribution in [2.75, 3.05) is 0 Å². The Morgan fingerprint density at radius 3 is 2.09 bits per heavy atom. The van der Waals surface area contributed by atoms with E-state index in [4.69, 9.17) is 0 Å². The van der Waals surface area contributed by atoms with Crippen molar-refractivity contribution in [3.8, 4) is 0 Å². The van der Waals surface area contributed by atoms with Gasteiger partial charge in [-0.25, -0.2) is 9.13 Å². The summed E-state index contributed by atoms with van der Waals surface area (Å²) >= 11 is 0. The average Bonchev–Trinajstić information content (AvgIpc) is 2.64. The normalized spacial score (nSPS) is 14.9. The Balaban J connectivity index is 0.000000295. The first-order valence-corrected chi connectivity index (χ1v) is 8.80. The molecule has 0 aliphatic rings. The van der Waals surface area contributed by atoms with Crippen LogP contribution in [0.5, 0.6) is 0 Å². The van der Waals surface area contributed by atoms with E-state index in [1.807, 2.05) is 0 Å². The van der Waals surface area contributed by atoms with Crippen LogP contribution in [0.4, 0.5) is 25.2 Å². The van der Waals surface area contributed by atoms with Crippen molar-refractivity contribution >= 4 is 18.8 Å². The predicted octanol–water partition coefficient (Wildman–Crippen LogP) is 6.04. The maximum atomic E-state index is 9.87. The van der Waals surface area contributed by atoms with Crippen molar-refractivity contribution in [3.63, 3.8) is 0 Å². The van der Waals surface area contributed by atoms with Crippen LogP contribution in [0.1, 0.15) is 26.2 Å². The Hall–Kier alpha value is -1.30. The second-order valence-electron chi connectivity index (χ2n) is 5.07. The van der Waals surface area contributed by atoms with Crippen LogP contribution < -0.4 is 4.57 Å². The van der Waals surface area contributed by atoms with Gasteiger partial charge in [-0.2, -0.15) is 0 Å². The fourth-order valence-electron chi connectivity index (χ4n) is 2.05. The molecular formula is C13H19F6N2P. The van der Waals surface area contributed by atoms with Crippen LogP contribution in [0.15, 0.2) is 30.6 Å². The summed E-state index contributed by atoms with van der Waals surface area (Å²) in [5.74, 6) is 0. The van der Waals surface area contributed by atoms with Gasteiger partial charge in [-0.3, -0.25) is 0 Å². The zero-order valence-electron chi connectivity index (χ0n) is 12.3. The number of imidazole rings is 1. The molecule has 0 radical (unpaired) electrons. The van der Waals surface area contributed by atoms with Gasteiger partial charge in [0.25, 0.3) is 0 Å². The zero-order chi connectivity index (χ0) is 17.1. The Kier molecular flexibility index (Phi) is 4.88. The maximum absolute atomic E-state index is 10.7. The molecule has 0 fully saturated rings. The number of aryl methyl sites for hydroxylation is 2. The van der Waals surface area contributed by atoms with Crippen LogP contribution in [0.2, 0.25) is 0 Å². The number of para-hydroxylation sites is 2. The number of unbranched alkanes of at least 4 members (excludes halogenated alkanes) is 2. The third-order valence-corrected chi connectivity index (χ3v) is 2.89. The van der Waals surface area contributed by atoms with Crippen LogP contribution >= 0.6 is 7.81 Å². The summed E-state index contributed by atoms with van der Waals surface area (Å²) in [4.78, 5) is 0. The number of hydrogen-bond acceptors (Lipinski definition) is 0. The zero-order valence-corrected chi connectivity index (χ0v) is 13.2. The van der Waals surface area contributed by atoms with Crippen LogP contribution in [-0.4, -0.2) is 4.57 Å². The molecule has 0 aliphatic heterocycles. The van der Waals surface area contributed by atoms with Gasteiger partial charge in [0.05, 0.1) is 13.6 Å². The van der Waals surface area contributed by atoms with Crippen molar-refractivity contribution in [1.29, 1.82) is 0 Å². The van der Waals surface area contributed by atoms with Gasteiger partial charge in [-0.1, -0.05) is 25.5 Å². The first-order chi connectivity index (χ1) is 9.78. The van der Waals surface area contributed by atoms with E-state index in [2.05, 4.69) is 53.7 Å². The summed E-state index contributed by atoms with van der Waals surface area (Å²) in [5.41, 5.74) is 2.66. The molecule has 0 spiro atoms. The average molecular weight is 348 g/mol. The Morgan fingerprint density at radius 2 is 1.55 bits per heavy atom. The minimum atomic E-state index is -10.7. The molecule has 1 heterocycles. The molecule has 0 amide bonds. The van der Waals surface area contributed by atoms with Crippen molar-refractivity contribution in [3.05, 3.63) is 30.6 Å². The fraction of sp³-hybridized carbons (Fsp3) is 0.462. The van der Waals surface area contributed by atoms with Crippen LogP contribution in [0, 0.1) is 0 Å². The van der Waals surface area contributed by atoms with E-state index in [0.717, 1.165) is 6.54 Å². The third-order valence-electron chi connectivity index (χ3n) is 2.89. The number of nitrogens with zero attached hydrogens (tertiary/aromatic N) is 2. The van der Waals surface area contributed by atoms with E-state index < -0.39 is 7.81 Å². The molecule has 0 bridgehead atoms. The van der Waals surface area contributed by atoms with Gasteiger partial charge in [0.1, 0.15) is 0 Å². The van der Waals surface area contributed by atoms with Crippen LogP contribution in [0.3, 0.4) is 0 Å². The quantitative estimate of drug-likeness (QED) is 0.276. The number of hydrogen-bond donors (Lipinski definition) is 0. The third kappa shape index (κ3) is 8.22. The second-order valence-corrected chi connectivity index (χ2v) is 6.99. The van der Waals surface area contributed by atoms with Gasteiger partial charge in [-0.05, 0) is 25.0 Å². The number of halogens is 6. The fourth-order valence-corrected chi connectivity index (χ4v) is 2.05.